The van der Waals surface area contributed by atoms with Crippen LogP contribution in [0.5, 0.6) is 0 Å². The standard InChI is InChI=1S/C11H9NOS/c13-11-7-9-4-3-8(2-1-5-14)6-10(9)12-11/h3-4,6,14H,5,7H2,(H,12,13). The number of carbonyl (C=O) groups excluding carboxylic acids is 1. The van der Waals surface area contributed by atoms with Gasteiger partial charge in [-0.1, -0.05) is 17.9 Å². The largest absolute Gasteiger partial charge is 0.325 e. The fourth-order valence-corrected chi connectivity index (χ4v) is 1.51. The van der Waals surface area contributed by atoms with E-state index in [-0.39, 0.29) is 5.91 Å². The molecule has 1 heterocycles. The minimum absolute atomic E-state index is 0.0549. The molecule has 0 aliphatic carbocycles. The molecule has 0 saturated heterocycles. The molecule has 0 unspecified atom stereocenters. The highest BCUT2D eigenvalue weighted by Crippen LogP contribution is 2.23. The molecule has 1 aliphatic rings. The molecule has 2 rings (SSSR count). The van der Waals surface area contributed by atoms with Crippen LogP contribution < -0.4 is 5.32 Å². The van der Waals surface area contributed by atoms with Crippen molar-refractivity contribution in [2.75, 3.05) is 11.1 Å². The first-order chi connectivity index (χ1) is 6.79. The van der Waals surface area contributed by atoms with Gasteiger partial charge in [0.15, 0.2) is 0 Å². The van der Waals surface area contributed by atoms with Crippen molar-refractivity contribution >= 4 is 24.2 Å². The topological polar surface area (TPSA) is 29.1 Å². The zero-order chi connectivity index (χ0) is 9.97. The maximum Gasteiger partial charge on any atom is 0.228 e. The molecule has 14 heavy (non-hydrogen) atoms. The fraction of sp³-hybridized carbons (Fsp3) is 0.182. The van der Waals surface area contributed by atoms with Crippen LogP contribution in [0.4, 0.5) is 5.69 Å². The number of hydrogen-bond acceptors (Lipinski definition) is 2. The molecule has 0 bridgehead atoms. The van der Waals surface area contributed by atoms with E-state index in [1.54, 1.807) is 0 Å². The van der Waals surface area contributed by atoms with Crippen LogP contribution in [0.2, 0.25) is 0 Å². The second-order valence-electron chi connectivity index (χ2n) is 3.06. The smallest absolute Gasteiger partial charge is 0.228 e. The summed E-state index contributed by atoms with van der Waals surface area (Å²) in [6.07, 6.45) is 0.482. The van der Waals surface area contributed by atoms with Crippen molar-refractivity contribution in [3.8, 4) is 11.8 Å². The van der Waals surface area contributed by atoms with E-state index in [1.807, 2.05) is 18.2 Å². The summed E-state index contributed by atoms with van der Waals surface area (Å²) in [4.78, 5) is 11.1. The highest BCUT2D eigenvalue weighted by Gasteiger charge is 2.16. The second kappa shape index (κ2) is 3.77. The predicted octanol–water partition coefficient (Wildman–Crippen LogP) is 1.46. The van der Waals surface area contributed by atoms with Gasteiger partial charge < -0.3 is 5.32 Å². The Morgan fingerprint density at radius 1 is 1.50 bits per heavy atom. The van der Waals surface area contributed by atoms with E-state index in [0.29, 0.717) is 12.2 Å². The van der Waals surface area contributed by atoms with Crippen LogP contribution in [0.15, 0.2) is 18.2 Å². The Hall–Kier alpha value is -1.40. The molecular weight excluding hydrogens is 194 g/mol. The summed E-state index contributed by atoms with van der Waals surface area (Å²) < 4.78 is 0. The zero-order valence-electron chi connectivity index (χ0n) is 7.50. The van der Waals surface area contributed by atoms with Crippen LogP contribution in [0.3, 0.4) is 0 Å². The Balaban J connectivity index is 2.33. The summed E-state index contributed by atoms with van der Waals surface area (Å²) in [5.74, 6) is 6.43. The van der Waals surface area contributed by atoms with Gasteiger partial charge in [-0.15, -0.1) is 0 Å². The molecule has 1 amide bonds. The summed E-state index contributed by atoms with van der Waals surface area (Å²) in [5, 5.41) is 2.79. The van der Waals surface area contributed by atoms with Gasteiger partial charge in [0.25, 0.3) is 0 Å². The lowest BCUT2D eigenvalue weighted by Gasteiger charge is -1.97. The molecule has 0 atom stereocenters. The second-order valence-corrected chi connectivity index (χ2v) is 3.37. The van der Waals surface area contributed by atoms with Crippen molar-refractivity contribution in [1.82, 2.24) is 0 Å². The van der Waals surface area contributed by atoms with E-state index in [1.165, 1.54) is 0 Å². The Bertz CT molecular complexity index is 442. The first kappa shape index (κ1) is 9.17. The van der Waals surface area contributed by atoms with Crippen LogP contribution >= 0.6 is 12.6 Å². The minimum atomic E-state index is 0.0549. The summed E-state index contributed by atoms with van der Waals surface area (Å²) in [6.45, 7) is 0. The molecule has 0 radical (unpaired) electrons. The first-order valence-corrected chi connectivity index (χ1v) is 4.95. The maximum atomic E-state index is 11.1. The van der Waals surface area contributed by atoms with E-state index >= 15 is 0 Å². The third kappa shape index (κ3) is 1.75. The highest BCUT2D eigenvalue weighted by molar-refractivity contribution is 7.80. The third-order valence-electron chi connectivity index (χ3n) is 2.05. The number of benzene rings is 1. The molecule has 1 aromatic rings. The van der Waals surface area contributed by atoms with Gasteiger partial charge in [-0.05, 0) is 17.7 Å². The number of thiol groups is 1. The Labute approximate surface area is 88.1 Å². The lowest BCUT2D eigenvalue weighted by Crippen LogP contribution is -2.03. The number of rotatable bonds is 0. The molecule has 0 aromatic heterocycles. The molecular formula is C11H9NOS. The average Bonchev–Trinajstić information content (AvgIpc) is 2.54. The van der Waals surface area contributed by atoms with Crippen molar-refractivity contribution < 1.29 is 4.79 Å². The normalized spacial score (nSPS) is 12.8. The number of carbonyl (C=O) groups is 1. The van der Waals surface area contributed by atoms with Gasteiger partial charge in [0.05, 0.1) is 12.2 Å². The van der Waals surface area contributed by atoms with E-state index in [4.69, 9.17) is 0 Å². The Morgan fingerprint density at radius 2 is 2.36 bits per heavy atom. The van der Waals surface area contributed by atoms with Crippen molar-refractivity contribution in [3.63, 3.8) is 0 Å². The van der Waals surface area contributed by atoms with Crippen molar-refractivity contribution in [2.45, 2.75) is 6.42 Å². The number of hydrogen-bond donors (Lipinski definition) is 2. The molecule has 0 saturated carbocycles. The van der Waals surface area contributed by atoms with E-state index in [0.717, 1.165) is 16.8 Å². The van der Waals surface area contributed by atoms with Gasteiger partial charge in [-0.25, -0.2) is 0 Å². The summed E-state index contributed by atoms with van der Waals surface area (Å²) in [6, 6.07) is 5.77. The van der Waals surface area contributed by atoms with E-state index in [9.17, 15) is 4.79 Å². The summed E-state index contributed by atoms with van der Waals surface area (Å²) in [7, 11) is 0. The van der Waals surface area contributed by atoms with Gasteiger partial charge in [0.2, 0.25) is 5.91 Å². The Morgan fingerprint density at radius 3 is 3.14 bits per heavy atom. The monoisotopic (exact) mass is 203 g/mol. The van der Waals surface area contributed by atoms with Gasteiger partial charge in [0.1, 0.15) is 0 Å². The van der Waals surface area contributed by atoms with Gasteiger partial charge in [0, 0.05) is 11.3 Å². The molecule has 1 aromatic carbocycles. The zero-order valence-corrected chi connectivity index (χ0v) is 8.40. The molecule has 3 heteroatoms. The fourth-order valence-electron chi connectivity index (χ4n) is 1.43. The Kier molecular flexibility index (Phi) is 2.47. The van der Waals surface area contributed by atoms with Gasteiger partial charge >= 0.3 is 0 Å². The van der Waals surface area contributed by atoms with Crippen LogP contribution in [0, 0.1) is 11.8 Å². The van der Waals surface area contributed by atoms with Gasteiger partial charge in [-0.3, -0.25) is 4.79 Å². The summed E-state index contributed by atoms with van der Waals surface area (Å²) in [5.41, 5.74) is 2.85. The molecule has 1 aliphatic heterocycles. The molecule has 1 N–H and O–H groups in total. The van der Waals surface area contributed by atoms with Gasteiger partial charge in [-0.2, -0.15) is 12.6 Å². The van der Waals surface area contributed by atoms with Crippen LogP contribution in [0.25, 0.3) is 0 Å². The predicted molar refractivity (Wildman–Crippen MR) is 59.5 cm³/mol. The minimum Gasteiger partial charge on any atom is -0.325 e. The van der Waals surface area contributed by atoms with Crippen LogP contribution in [0.1, 0.15) is 11.1 Å². The quantitative estimate of drug-likeness (QED) is 0.485. The molecule has 0 spiro atoms. The van der Waals surface area contributed by atoms with E-state index in [2.05, 4.69) is 29.8 Å². The number of fused-ring (bicyclic) bond motifs is 1. The average molecular weight is 203 g/mol. The van der Waals surface area contributed by atoms with Crippen LogP contribution in [-0.4, -0.2) is 11.7 Å². The molecule has 0 fully saturated rings. The lowest BCUT2D eigenvalue weighted by atomic mass is 10.1. The van der Waals surface area contributed by atoms with Crippen molar-refractivity contribution in [1.29, 1.82) is 0 Å². The third-order valence-corrected chi connectivity index (χ3v) is 2.20. The van der Waals surface area contributed by atoms with E-state index < -0.39 is 0 Å². The first-order valence-electron chi connectivity index (χ1n) is 4.32. The van der Waals surface area contributed by atoms with Crippen molar-refractivity contribution in [3.05, 3.63) is 29.3 Å². The molecule has 70 valence electrons. The van der Waals surface area contributed by atoms with Crippen molar-refractivity contribution in [2.24, 2.45) is 0 Å². The summed E-state index contributed by atoms with van der Waals surface area (Å²) >= 11 is 4.00. The lowest BCUT2D eigenvalue weighted by molar-refractivity contribution is -0.115. The molecule has 2 nitrogen and oxygen atoms in total. The highest BCUT2D eigenvalue weighted by atomic mass is 32.1. The maximum absolute atomic E-state index is 11.1. The number of nitrogens with one attached hydrogen (secondary N) is 1. The number of amides is 1. The SMILES string of the molecule is O=C1Cc2ccc(C#CCS)cc2N1. The number of anilines is 1. The van der Waals surface area contributed by atoms with Crippen LogP contribution in [-0.2, 0) is 11.2 Å².